The Morgan fingerprint density at radius 2 is 2.22 bits per heavy atom. The molecule has 0 aliphatic heterocycles. The van der Waals surface area contributed by atoms with Crippen molar-refractivity contribution in [2.24, 2.45) is 0 Å². The van der Waals surface area contributed by atoms with E-state index >= 15 is 0 Å². The van der Waals surface area contributed by atoms with E-state index in [-0.39, 0.29) is 5.95 Å². The SMILES string of the molecule is CCCCOC(=O)n1c(N)nc2cc(N)ccc21. The minimum atomic E-state index is -0.506. The maximum absolute atomic E-state index is 11.9. The summed E-state index contributed by atoms with van der Waals surface area (Å²) in [7, 11) is 0. The van der Waals surface area contributed by atoms with Gasteiger partial charge < -0.3 is 16.2 Å². The number of unbranched alkanes of at least 4 members (excludes halogenated alkanes) is 1. The number of anilines is 2. The molecule has 1 heterocycles. The first kappa shape index (κ1) is 12.2. The second-order valence-corrected chi connectivity index (χ2v) is 4.02. The summed E-state index contributed by atoms with van der Waals surface area (Å²) >= 11 is 0. The highest BCUT2D eigenvalue weighted by Crippen LogP contribution is 2.20. The van der Waals surface area contributed by atoms with Gasteiger partial charge in [0.2, 0.25) is 5.95 Å². The molecule has 0 atom stereocenters. The number of hydrogen-bond donors (Lipinski definition) is 2. The van der Waals surface area contributed by atoms with Gasteiger partial charge in [-0.1, -0.05) is 13.3 Å². The number of benzene rings is 1. The zero-order chi connectivity index (χ0) is 13.1. The Bertz CT molecular complexity index is 577. The van der Waals surface area contributed by atoms with Gasteiger partial charge in [-0.25, -0.2) is 14.3 Å². The van der Waals surface area contributed by atoms with Crippen molar-refractivity contribution in [3.05, 3.63) is 18.2 Å². The molecule has 0 saturated carbocycles. The predicted molar refractivity (Wildman–Crippen MR) is 70.2 cm³/mol. The van der Waals surface area contributed by atoms with Crippen LogP contribution in [-0.4, -0.2) is 22.3 Å². The molecule has 0 saturated heterocycles. The molecule has 0 aliphatic rings. The monoisotopic (exact) mass is 248 g/mol. The van der Waals surface area contributed by atoms with E-state index in [9.17, 15) is 4.79 Å². The number of aromatic nitrogens is 2. The highest BCUT2D eigenvalue weighted by molar-refractivity contribution is 5.91. The average molecular weight is 248 g/mol. The van der Waals surface area contributed by atoms with Crippen molar-refractivity contribution in [2.45, 2.75) is 19.8 Å². The van der Waals surface area contributed by atoms with Gasteiger partial charge in [-0.15, -0.1) is 0 Å². The first-order valence-corrected chi connectivity index (χ1v) is 5.84. The molecule has 1 aromatic heterocycles. The summed E-state index contributed by atoms with van der Waals surface area (Å²) in [5.74, 6) is 0.108. The molecule has 6 nitrogen and oxygen atoms in total. The predicted octanol–water partition coefficient (Wildman–Crippen LogP) is 1.99. The van der Waals surface area contributed by atoms with Crippen LogP contribution in [0.5, 0.6) is 0 Å². The van der Waals surface area contributed by atoms with Gasteiger partial charge in [0.1, 0.15) is 0 Å². The Morgan fingerprint density at radius 1 is 1.44 bits per heavy atom. The Morgan fingerprint density at radius 3 is 2.94 bits per heavy atom. The number of rotatable bonds is 3. The number of fused-ring (bicyclic) bond motifs is 1. The second kappa shape index (κ2) is 4.95. The summed E-state index contributed by atoms with van der Waals surface area (Å²) in [5, 5.41) is 0. The maximum atomic E-state index is 11.9. The molecule has 18 heavy (non-hydrogen) atoms. The lowest BCUT2D eigenvalue weighted by Gasteiger charge is -2.06. The fraction of sp³-hybridized carbons (Fsp3) is 0.333. The second-order valence-electron chi connectivity index (χ2n) is 4.02. The Labute approximate surface area is 105 Å². The summed E-state index contributed by atoms with van der Waals surface area (Å²) < 4.78 is 6.37. The molecule has 0 aliphatic carbocycles. The van der Waals surface area contributed by atoms with E-state index in [1.54, 1.807) is 18.2 Å². The summed E-state index contributed by atoms with van der Waals surface area (Å²) in [4.78, 5) is 16.0. The van der Waals surface area contributed by atoms with E-state index in [0.717, 1.165) is 12.8 Å². The van der Waals surface area contributed by atoms with Crippen molar-refractivity contribution >= 4 is 28.8 Å². The van der Waals surface area contributed by atoms with Gasteiger partial charge in [-0.2, -0.15) is 0 Å². The van der Waals surface area contributed by atoms with Crippen molar-refractivity contribution in [1.82, 2.24) is 9.55 Å². The van der Waals surface area contributed by atoms with E-state index in [4.69, 9.17) is 16.2 Å². The summed E-state index contributed by atoms with van der Waals surface area (Å²) in [6.07, 6.45) is 1.28. The topological polar surface area (TPSA) is 96.2 Å². The van der Waals surface area contributed by atoms with Gasteiger partial charge in [-0.3, -0.25) is 0 Å². The van der Waals surface area contributed by atoms with Crippen LogP contribution < -0.4 is 11.5 Å². The number of nitrogens with two attached hydrogens (primary N) is 2. The van der Waals surface area contributed by atoms with Crippen molar-refractivity contribution in [1.29, 1.82) is 0 Å². The van der Waals surface area contributed by atoms with Crippen molar-refractivity contribution in [2.75, 3.05) is 18.1 Å². The third kappa shape index (κ3) is 2.22. The van der Waals surface area contributed by atoms with Crippen LogP contribution in [0.25, 0.3) is 11.0 Å². The zero-order valence-electron chi connectivity index (χ0n) is 10.2. The van der Waals surface area contributed by atoms with E-state index in [1.165, 1.54) is 4.57 Å². The van der Waals surface area contributed by atoms with E-state index in [1.807, 2.05) is 6.92 Å². The Hall–Kier alpha value is -2.24. The molecule has 0 unspecified atom stereocenters. The Balaban J connectivity index is 2.32. The van der Waals surface area contributed by atoms with Gasteiger partial charge in [0.05, 0.1) is 17.6 Å². The third-order valence-electron chi connectivity index (χ3n) is 2.61. The summed E-state index contributed by atoms with van der Waals surface area (Å²) in [6.45, 7) is 2.40. The quantitative estimate of drug-likeness (QED) is 0.639. The third-order valence-corrected chi connectivity index (χ3v) is 2.61. The average Bonchev–Trinajstić information content (AvgIpc) is 2.64. The lowest BCUT2D eigenvalue weighted by Crippen LogP contribution is -2.16. The molecular weight excluding hydrogens is 232 g/mol. The van der Waals surface area contributed by atoms with Gasteiger partial charge in [0, 0.05) is 5.69 Å². The van der Waals surface area contributed by atoms with Gasteiger partial charge in [0.15, 0.2) is 0 Å². The van der Waals surface area contributed by atoms with Crippen LogP contribution in [0.2, 0.25) is 0 Å². The fourth-order valence-electron chi connectivity index (χ4n) is 1.68. The van der Waals surface area contributed by atoms with E-state index in [0.29, 0.717) is 23.3 Å². The lowest BCUT2D eigenvalue weighted by atomic mass is 10.3. The normalized spacial score (nSPS) is 10.7. The number of carbonyl (C=O) groups excluding carboxylic acids is 1. The lowest BCUT2D eigenvalue weighted by molar-refractivity contribution is 0.147. The molecule has 2 aromatic rings. The molecule has 0 radical (unpaired) electrons. The van der Waals surface area contributed by atoms with Gasteiger partial charge in [0.25, 0.3) is 0 Å². The molecule has 0 fully saturated rings. The minimum Gasteiger partial charge on any atom is -0.449 e. The standard InChI is InChI=1S/C12H16N4O2/c1-2-3-6-18-12(17)16-10-5-4-8(13)7-9(10)15-11(16)14/h4-5,7H,2-3,6,13H2,1H3,(H2,14,15). The van der Waals surface area contributed by atoms with Gasteiger partial charge >= 0.3 is 6.09 Å². The number of hydrogen-bond acceptors (Lipinski definition) is 5. The maximum Gasteiger partial charge on any atom is 0.421 e. The first-order valence-electron chi connectivity index (χ1n) is 5.84. The van der Waals surface area contributed by atoms with Crippen molar-refractivity contribution in [3.8, 4) is 0 Å². The van der Waals surface area contributed by atoms with Crippen LogP contribution in [0.15, 0.2) is 18.2 Å². The number of nitrogens with zero attached hydrogens (tertiary/aromatic N) is 2. The van der Waals surface area contributed by atoms with E-state index in [2.05, 4.69) is 4.98 Å². The van der Waals surface area contributed by atoms with Crippen LogP contribution in [0.1, 0.15) is 19.8 Å². The van der Waals surface area contributed by atoms with E-state index < -0.39 is 6.09 Å². The van der Waals surface area contributed by atoms with Crippen LogP contribution in [0, 0.1) is 0 Å². The van der Waals surface area contributed by atoms with Gasteiger partial charge in [-0.05, 0) is 24.6 Å². The molecule has 4 N–H and O–H groups in total. The highest BCUT2D eigenvalue weighted by atomic mass is 16.5. The molecular formula is C12H16N4O2. The number of ether oxygens (including phenoxy) is 1. The molecule has 2 rings (SSSR count). The number of imidazole rings is 1. The fourth-order valence-corrected chi connectivity index (χ4v) is 1.68. The smallest absolute Gasteiger partial charge is 0.421 e. The Kier molecular flexibility index (Phi) is 3.36. The summed E-state index contributed by atoms with van der Waals surface area (Å²) in [6, 6.07) is 5.07. The summed E-state index contributed by atoms with van der Waals surface area (Å²) in [5.41, 5.74) is 13.1. The number of nitrogen functional groups attached to an aromatic ring is 2. The van der Waals surface area contributed by atoms with Crippen LogP contribution in [0.4, 0.5) is 16.4 Å². The molecule has 1 aromatic carbocycles. The largest absolute Gasteiger partial charge is 0.449 e. The first-order chi connectivity index (χ1) is 8.63. The number of carbonyl (C=O) groups is 1. The minimum absolute atomic E-state index is 0.108. The molecule has 0 spiro atoms. The molecule has 0 amide bonds. The molecule has 96 valence electrons. The highest BCUT2D eigenvalue weighted by Gasteiger charge is 2.15. The molecule has 6 heteroatoms. The van der Waals surface area contributed by atoms with Crippen molar-refractivity contribution in [3.63, 3.8) is 0 Å². The molecule has 0 bridgehead atoms. The van der Waals surface area contributed by atoms with Crippen LogP contribution >= 0.6 is 0 Å². The zero-order valence-corrected chi connectivity index (χ0v) is 10.2. The van der Waals surface area contributed by atoms with Crippen LogP contribution in [-0.2, 0) is 4.74 Å². The van der Waals surface area contributed by atoms with Crippen molar-refractivity contribution < 1.29 is 9.53 Å². The van der Waals surface area contributed by atoms with Crippen LogP contribution in [0.3, 0.4) is 0 Å².